The Morgan fingerprint density at radius 1 is 0.920 bits per heavy atom. The Balaban J connectivity index is 0.00000182. The van der Waals surface area contributed by atoms with Crippen molar-refractivity contribution in [3.63, 3.8) is 0 Å². The molecule has 0 aromatic rings. The van der Waals surface area contributed by atoms with Gasteiger partial charge in [-0.25, -0.2) is 0 Å². The standard InChI is InChI=1S/C19H31N3O2.ClH/c1-20-3-2-17(23)21-4-6-22(7-5-21)18(24)19-11-14-8-15(12-19)10-16(9-14)13-19;/h14-16,20H,2-13H2,1H3;1H. The first kappa shape index (κ1) is 19.0. The lowest BCUT2D eigenvalue weighted by atomic mass is 9.49. The first-order valence-electron chi connectivity index (χ1n) is 9.81. The molecule has 5 rings (SSSR count). The summed E-state index contributed by atoms with van der Waals surface area (Å²) in [6.45, 7) is 3.60. The number of amides is 2. The Kier molecular flexibility index (Phi) is 5.64. The minimum atomic E-state index is -0.0347. The Hall–Kier alpha value is -0.810. The van der Waals surface area contributed by atoms with Crippen molar-refractivity contribution >= 4 is 24.2 Å². The summed E-state index contributed by atoms with van der Waals surface area (Å²) in [4.78, 5) is 29.5. The van der Waals surface area contributed by atoms with Crippen LogP contribution in [0.4, 0.5) is 0 Å². The monoisotopic (exact) mass is 369 g/mol. The highest BCUT2D eigenvalue weighted by atomic mass is 35.5. The molecule has 5 fully saturated rings. The highest BCUT2D eigenvalue weighted by Crippen LogP contribution is 2.60. The van der Waals surface area contributed by atoms with Crippen LogP contribution in [-0.4, -0.2) is 61.4 Å². The van der Waals surface area contributed by atoms with Crippen LogP contribution in [0.1, 0.15) is 44.9 Å². The molecule has 0 atom stereocenters. The number of nitrogens with one attached hydrogen (secondary N) is 1. The van der Waals surface area contributed by atoms with E-state index in [1.54, 1.807) is 0 Å². The van der Waals surface area contributed by atoms with Gasteiger partial charge in [-0.3, -0.25) is 9.59 Å². The van der Waals surface area contributed by atoms with Crippen molar-refractivity contribution in [2.45, 2.75) is 44.9 Å². The second-order valence-electron chi connectivity index (χ2n) is 8.72. The van der Waals surface area contributed by atoms with E-state index in [1.165, 1.54) is 19.3 Å². The predicted octanol–water partition coefficient (Wildman–Crippen LogP) is 1.90. The topological polar surface area (TPSA) is 52.7 Å². The number of piperazine rings is 1. The second-order valence-corrected chi connectivity index (χ2v) is 8.72. The maximum Gasteiger partial charge on any atom is 0.228 e. The van der Waals surface area contributed by atoms with Crippen LogP contribution in [0, 0.1) is 23.2 Å². The first-order chi connectivity index (χ1) is 11.6. The van der Waals surface area contributed by atoms with Gasteiger partial charge < -0.3 is 15.1 Å². The molecule has 142 valence electrons. The van der Waals surface area contributed by atoms with Gasteiger partial charge in [-0.05, 0) is 63.3 Å². The average molecular weight is 370 g/mol. The highest BCUT2D eigenvalue weighted by molar-refractivity contribution is 5.85. The number of carbonyl (C=O) groups is 2. The largest absolute Gasteiger partial charge is 0.339 e. The third-order valence-electron chi connectivity index (χ3n) is 7.00. The average Bonchev–Trinajstić information content (AvgIpc) is 2.58. The van der Waals surface area contributed by atoms with Gasteiger partial charge >= 0.3 is 0 Å². The Morgan fingerprint density at radius 2 is 1.40 bits per heavy atom. The van der Waals surface area contributed by atoms with E-state index in [-0.39, 0.29) is 23.7 Å². The molecule has 0 aromatic heterocycles. The summed E-state index contributed by atoms with van der Waals surface area (Å²) in [5, 5.41) is 3.03. The summed E-state index contributed by atoms with van der Waals surface area (Å²) < 4.78 is 0. The molecule has 4 bridgehead atoms. The van der Waals surface area contributed by atoms with E-state index >= 15 is 0 Å². The summed E-state index contributed by atoms with van der Waals surface area (Å²) in [5.41, 5.74) is -0.0347. The molecule has 5 aliphatic rings. The maximum atomic E-state index is 13.3. The minimum absolute atomic E-state index is 0. The van der Waals surface area contributed by atoms with Crippen molar-refractivity contribution in [1.29, 1.82) is 0 Å². The Labute approximate surface area is 157 Å². The van der Waals surface area contributed by atoms with Crippen LogP contribution in [0.3, 0.4) is 0 Å². The van der Waals surface area contributed by atoms with Crippen LogP contribution in [0.25, 0.3) is 0 Å². The lowest BCUT2D eigenvalue weighted by Gasteiger charge is -2.57. The molecule has 6 heteroatoms. The van der Waals surface area contributed by atoms with Crippen molar-refractivity contribution in [2.24, 2.45) is 23.2 Å². The van der Waals surface area contributed by atoms with Gasteiger partial charge in [0.1, 0.15) is 0 Å². The number of nitrogens with zero attached hydrogens (tertiary/aromatic N) is 2. The molecule has 1 heterocycles. The van der Waals surface area contributed by atoms with E-state index in [2.05, 4.69) is 10.2 Å². The molecule has 0 spiro atoms. The predicted molar refractivity (Wildman–Crippen MR) is 99.6 cm³/mol. The van der Waals surface area contributed by atoms with Crippen molar-refractivity contribution in [1.82, 2.24) is 15.1 Å². The van der Waals surface area contributed by atoms with Crippen molar-refractivity contribution < 1.29 is 9.59 Å². The first-order valence-corrected chi connectivity index (χ1v) is 9.81. The molecule has 0 unspecified atom stereocenters. The van der Waals surface area contributed by atoms with E-state index in [4.69, 9.17) is 0 Å². The van der Waals surface area contributed by atoms with Gasteiger partial charge in [0.15, 0.2) is 0 Å². The SMILES string of the molecule is CNCCC(=O)N1CCN(C(=O)C23CC4CC(CC(C4)C2)C3)CC1.Cl. The molecule has 2 amide bonds. The maximum absolute atomic E-state index is 13.3. The van der Waals surface area contributed by atoms with Crippen LogP contribution < -0.4 is 5.32 Å². The summed E-state index contributed by atoms with van der Waals surface area (Å²) in [5.74, 6) is 3.06. The molecule has 5 nitrogen and oxygen atoms in total. The quantitative estimate of drug-likeness (QED) is 0.823. The molecule has 4 saturated carbocycles. The number of carbonyl (C=O) groups excluding carboxylic acids is 2. The summed E-state index contributed by atoms with van der Waals surface area (Å²) in [6.07, 6.45) is 8.09. The zero-order valence-corrected chi connectivity index (χ0v) is 16.2. The smallest absolute Gasteiger partial charge is 0.228 e. The van der Waals surface area contributed by atoms with Crippen LogP contribution >= 0.6 is 12.4 Å². The van der Waals surface area contributed by atoms with Crippen molar-refractivity contribution in [3.05, 3.63) is 0 Å². The van der Waals surface area contributed by atoms with Gasteiger partial charge in [-0.15, -0.1) is 12.4 Å². The van der Waals surface area contributed by atoms with Crippen molar-refractivity contribution in [2.75, 3.05) is 39.8 Å². The van der Waals surface area contributed by atoms with E-state index in [9.17, 15) is 9.59 Å². The Morgan fingerprint density at radius 3 is 1.88 bits per heavy atom. The third kappa shape index (κ3) is 3.55. The third-order valence-corrected chi connectivity index (χ3v) is 7.00. The number of hydrogen-bond donors (Lipinski definition) is 1. The summed E-state index contributed by atoms with van der Waals surface area (Å²) >= 11 is 0. The second kappa shape index (κ2) is 7.43. The van der Waals surface area contributed by atoms with Gasteiger partial charge in [0.25, 0.3) is 0 Å². The van der Waals surface area contributed by atoms with Crippen LogP contribution in [0.5, 0.6) is 0 Å². The number of rotatable bonds is 4. The number of hydrogen-bond acceptors (Lipinski definition) is 3. The molecule has 25 heavy (non-hydrogen) atoms. The summed E-state index contributed by atoms with van der Waals surface area (Å²) in [6, 6.07) is 0. The number of halogens is 1. The normalized spacial score (nSPS) is 36.3. The lowest BCUT2D eigenvalue weighted by molar-refractivity contribution is -0.160. The minimum Gasteiger partial charge on any atom is -0.339 e. The molecule has 0 radical (unpaired) electrons. The summed E-state index contributed by atoms with van der Waals surface area (Å²) in [7, 11) is 1.87. The fraction of sp³-hybridized carbons (Fsp3) is 0.895. The fourth-order valence-corrected chi connectivity index (χ4v) is 6.26. The fourth-order valence-electron chi connectivity index (χ4n) is 6.26. The zero-order valence-electron chi connectivity index (χ0n) is 15.3. The molecular formula is C19H32ClN3O2. The van der Waals surface area contributed by atoms with Gasteiger partial charge in [0.2, 0.25) is 11.8 Å². The molecule has 4 aliphatic carbocycles. The molecule has 1 saturated heterocycles. The highest BCUT2D eigenvalue weighted by Gasteiger charge is 2.55. The molecule has 0 aromatic carbocycles. The zero-order chi connectivity index (χ0) is 16.7. The lowest BCUT2D eigenvalue weighted by Crippen LogP contribution is -2.58. The van der Waals surface area contributed by atoms with E-state index in [0.29, 0.717) is 25.4 Å². The van der Waals surface area contributed by atoms with E-state index < -0.39 is 0 Å². The van der Waals surface area contributed by atoms with Gasteiger partial charge in [0, 0.05) is 39.1 Å². The molecule has 1 aliphatic heterocycles. The van der Waals surface area contributed by atoms with Gasteiger partial charge in [-0.1, -0.05) is 0 Å². The van der Waals surface area contributed by atoms with Crippen molar-refractivity contribution in [3.8, 4) is 0 Å². The van der Waals surface area contributed by atoms with Crippen LogP contribution in [-0.2, 0) is 9.59 Å². The van der Waals surface area contributed by atoms with Gasteiger partial charge in [-0.2, -0.15) is 0 Å². The van der Waals surface area contributed by atoms with Crippen LogP contribution in [0.2, 0.25) is 0 Å². The molecule has 1 N–H and O–H groups in total. The molecular weight excluding hydrogens is 338 g/mol. The van der Waals surface area contributed by atoms with Gasteiger partial charge in [0.05, 0.1) is 5.41 Å². The Bertz CT molecular complexity index is 482. The van der Waals surface area contributed by atoms with E-state index in [1.807, 2.05) is 11.9 Å². The van der Waals surface area contributed by atoms with Crippen LogP contribution in [0.15, 0.2) is 0 Å². The van der Waals surface area contributed by atoms with E-state index in [0.717, 1.165) is 56.7 Å².